The first-order chi connectivity index (χ1) is 16.5. The predicted octanol–water partition coefficient (Wildman–Crippen LogP) is 7.47. The average Bonchev–Trinajstić information content (AvgIpc) is 3.61. The standard InChI is InChI=1S/C32H49N3/c1-12-17-30(34(10)27(7)23(3)13-2)26(6)33-25(5)28(8)35(11)31(24(4)32(9)20-21-32)22-29-18-15-14-16-19-29/h13-16,18-19,25,30-31,33H,4,6-8,12,17,20-22H2,1-3,5,9-11H3/b23-13+. The number of hydrogen-bond donors (Lipinski definition) is 1. The lowest BCUT2D eigenvalue weighted by Gasteiger charge is -2.39. The fraction of sp³-hybridized carbons (Fsp3) is 0.500. The Bertz CT molecular complexity index is 935. The minimum absolute atomic E-state index is 0.0504. The van der Waals surface area contributed by atoms with E-state index in [1.54, 1.807) is 0 Å². The molecule has 2 rings (SSSR count). The smallest absolute Gasteiger partial charge is 0.0679 e. The van der Waals surface area contributed by atoms with Crippen LogP contribution in [0.4, 0.5) is 0 Å². The maximum absolute atomic E-state index is 4.59. The van der Waals surface area contributed by atoms with E-state index < -0.39 is 0 Å². The minimum Gasteiger partial charge on any atom is -0.379 e. The van der Waals surface area contributed by atoms with Gasteiger partial charge in [-0.1, -0.05) is 83.0 Å². The quantitative estimate of drug-likeness (QED) is 0.210. The van der Waals surface area contributed by atoms with E-state index in [4.69, 9.17) is 0 Å². The van der Waals surface area contributed by atoms with Crippen LogP contribution in [0.3, 0.4) is 0 Å². The number of hydrogen-bond acceptors (Lipinski definition) is 3. The van der Waals surface area contributed by atoms with Gasteiger partial charge in [-0.05, 0) is 68.6 Å². The predicted molar refractivity (Wildman–Crippen MR) is 154 cm³/mol. The molecule has 3 unspecified atom stereocenters. The van der Waals surface area contributed by atoms with Gasteiger partial charge in [-0.25, -0.2) is 0 Å². The summed E-state index contributed by atoms with van der Waals surface area (Å²) in [6, 6.07) is 11.2. The molecule has 3 nitrogen and oxygen atoms in total. The van der Waals surface area contributed by atoms with Crippen molar-refractivity contribution in [3.8, 4) is 0 Å². The molecule has 1 saturated carbocycles. The summed E-state index contributed by atoms with van der Waals surface area (Å²) in [7, 11) is 4.28. The molecular weight excluding hydrogens is 426 g/mol. The second kappa shape index (κ2) is 12.3. The van der Waals surface area contributed by atoms with Gasteiger partial charge in [0.25, 0.3) is 0 Å². The number of nitrogens with zero attached hydrogens (tertiary/aromatic N) is 2. The topological polar surface area (TPSA) is 18.5 Å². The molecule has 3 atom stereocenters. The number of nitrogens with one attached hydrogen (secondary N) is 1. The number of likely N-dealkylation sites (N-methyl/N-ethyl adjacent to an activating group) is 2. The Morgan fingerprint density at radius 1 is 1.06 bits per heavy atom. The van der Waals surface area contributed by atoms with E-state index in [0.717, 1.165) is 36.4 Å². The lowest BCUT2D eigenvalue weighted by Crippen LogP contribution is -2.45. The van der Waals surface area contributed by atoms with Gasteiger partial charge in [0.15, 0.2) is 0 Å². The van der Waals surface area contributed by atoms with Gasteiger partial charge < -0.3 is 15.1 Å². The number of rotatable bonds is 15. The largest absolute Gasteiger partial charge is 0.379 e. The van der Waals surface area contributed by atoms with E-state index in [2.05, 4.69) is 127 Å². The van der Waals surface area contributed by atoms with Crippen molar-refractivity contribution < 1.29 is 0 Å². The van der Waals surface area contributed by atoms with Gasteiger partial charge in [0, 0.05) is 31.2 Å². The molecule has 0 radical (unpaired) electrons. The van der Waals surface area contributed by atoms with Crippen LogP contribution >= 0.6 is 0 Å². The van der Waals surface area contributed by atoms with Crippen molar-refractivity contribution in [1.82, 2.24) is 15.1 Å². The summed E-state index contributed by atoms with van der Waals surface area (Å²) in [6.45, 7) is 28.8. The molecule has 1 fully saturated rings. The first kappa shape index (κ1) is 28.6. The number of allylic oxidation sites excluding steroid dienone is 2. The highest BCUT2D eigenvalue weighted by atomic mass is 15.2. The highest BCUT2D eigenvalue weighted by molar-refractivity contribution is 5.30. The summed E-state index contributed by atoms with van der Waals surface area (Å²) in [4.78, 5) is 4.59. The minimum atomic E-state index is 0.0504. The zero-order valence-electron chi connectivity index (χ0n) is 23.5. The molecule has 0 saturated heterocycles. The summed E-state index contributed by atoms with van der Waals surface area (Å²) in [5.41, 5.74) is 7.18. The zero-order chi connectivity index (χ0) is 26.3. The Morgan fingerprint density at radius 3 is 2.17 bits per heavy atom. The van der Waals surface area contributed by atoms with Crippen LogP contribution in [0.15, 0.2) is 91.0 Å². The Morgan fingerprint density at radius 2 is 1.66 bits per heavy atom. The van der Waals surface area contributed by atoms with Crippen molar-refractivity contribution in [2.24, 2.45) is 5.41 Å². The second-order valence-electron chi connectivity index (χ2n) is 10.6. The van der Waals surface area contributed by atoms with Crippen molar-refractivity contribution >= 4 is 0 Å². The lowest BCUT2D eigenvalue weighted by molar-refractivity contribution is 0.283. The van der Waals surface area contributed by atoms with Gasteiger partial charge in [0.2, 0.25) is 0 Å². The molecule has 3 heteroatoms. The molecule has 1 aliphatic carbocycles. The van der Waals surface area contributed by atoms with E-state index >= 15 is 0 Å². The van der Waals surface area contributed by atoms with Crippen molar-refractivity contribution in [2.45, 2.75) is 84.8 Å². The summed E-state index contributed by atoms with van der Waals surface area (Å²) >= 11 is 0. The first-order valence-electron chi connectivity index (χ1n) is 13.1. The van der Waals surface area contributed by atoms with Gasteiger partial charge in [0.05, 0.1) is 18.1 Å². The Labute approximate surface area is 216 Å². The summed E-state index contributed by atoms with van der Waals surface area (Å²) < 4.78 is 0. The SMILES string of the molecule is C=C(NC(C)C(=C)N(C)C(Cc1ccccc1)C(=C)C1(C)CC1)C(CCC)N(C)C(=C)/C(C)=C/C. The van der Waals surface area contributed by atoms with E-state index in [1.807, 2.05) is 0 Å². The van der Waals surface area contributed by atoms with Crippen molar-refractivity contribution in [1.29, 1.82) is 0 Å². The van der Waals surface area contributed by atoms with Crippen LogP contribution in [0, 0.1) is 5.41 Å². The highest BCUT2D eigenvalue weighted by Crippen LogP contribution is 2.52. The molecule has 1 N–H and O–H groups in total. The Kier molecular flexibility index (Phi) is 10.1. The fourth-order valence-electron chi connectivity index (χ4n) is 4.71. The molecule has 0 aromatic heterocycles. The highest BCUT2D eigenvalue weighted by Gasteiger charge is 2.43. The van der Waals surface area contributed by atoms with Crippen LogP contribution in [-0.2, 0) is 6.42 Å². The van der Waals surface area contributed by atoms with Gasteiger partial charge in [-0.3, -0.25) is 0 Å². The zero-order valence-corrected chi connectivity index (χ0v) is 23.5. The molecule has 0 spiro atoms. The van der Waals surface area contributed by atoms with Gasteiger partial charge in [-0.2, -0.15) is 0 Å². The van der Waals surface area contributed by atoms with Crippen LogP contribution in [0.2, 0.25) is 0 Å². The van der Waals surface area contributed by atoms with Crippen LogP contribution in [-0.4, -0.2) is 42.0 Å². The van der Waals surface area contributed by atoms with Crippen LogP contribution in [0.1, 0.15) is 65.9 Å². The van der Waals surface area contributed by atoms with E-state index in [9.17, 15) is 0 Å². The number of benzene rings is 1. The monoisotopic (exact) mass is 475 g/mol. The first-order valence-corrected chi connectivity index (χ1v) is 13.1. The third-order valence-electron chi connectivity index (χ3n) is 8.02. The van der Waals surface area contributed by atoms with Crippen molar-refractivity contribution in [3.63, 3.8) is 0 Å². The van der Waals surface area contributed by atoms with Crippen molar-refractivity contribution in [2.75, 3.05) is 14.1 Å². The molecular formula is C32H49N3. The van der Waals surface area contributed by atoms with Gasteiger partial charge in [-0.15, -0.1) is 0 Å². The van der Waals surface area contributed by atoms with Gasteiger partial charge >= 0.3 is 0 Å². The van der Waals surface area contributed by atoms with E-state index in [1.165, 1.54) is 29.6 Å². The molecule has 192 valence electrons. The van der Waals surface area contributed by atoms with Crippen LogP contribution in [0.5, 0.6) is 0 Å². The third-order valence-corrected chi connectivity index (χ3v) is 8.02. The Hall–Kier alpha value is -2.68. The maximum Gasteiger partial charge on any atom is 0.0679 e. The fourth-order valence-corrected chi connectivity index (χ4v) is 4.71. The summed E-state index contributed by atoms with van der Waals surface area (Å²) in [6.07, 6.45) is 7.58. The summed E-state index contributed by atoms with van der Waals surface area (Å²) in [5, 5.41) is 3.68. The lowest BCUT2D eigenvalue weighted by atomic mass is 9.87. The average molecular weight is 476 g/mol. The van der Waals surface area contributed by atoms with Crippen LogP contribution in [0.25, 0.3) is 0 Å². The second-order valence-corrected chi connectivity index (χ2v) is 10.6. The molecule has 1 aromatic carbocycles. The molecule has 0 heterocycles. The molecule has 0 amide bonds. The summed E-state index contributed by atoms with van der Waals surface area (Å²) in [5.74, 6) is 0. The van der Waals surface area contributed by atoms with Crippen LogP contribution < -0.4 is 5.32 Å². The molecule has 0 aliphatic heterocycles. The van der Waals surface area contributed by atoms with Gasteiger partial charge in [0.1, 0.15) is 0 Å². The van der Waals surface area contributed by atoms with E-state index in [-0.39, 0.29) is 23.5 Å². The molecule has 35 heavy (non-hydrogen) atoms. The van der Waals surface area contributed by atoms with Crippen molar-refractivity contribution in [3.05, 3.63) is 96.5 Å². The van der Waals surface area contributed by atoms with E-state index in [0.29, 0.717) is 0 Å². The third kappa shape index (κ3) is 7.16. The maximum atomic E-state index is 4.59. The Balaban J connectivity index is 2.17. The molecule has 1 aliphatic rings. The molecule has 0 bridgehead atoms. The normalized spacial score (nSPS) is 17.1. The molecule has 1 aromatic rings.